The fraction of sp³-hybridized carbons (Fsp3) is 0.389. The first kappa shape index (κ1) is 16.2. The lowest BCUT2D eigenvalue weighted by atomic mass is 9.93. The molecule has 6 nitrogen and oxygen atoms in total. The standard InChI is InChI=1S/C18H21N3O3/c1-13-16(12-19-21(13)15-5-3-2-4-6-15)18(24)20-9-7-14(8-10-20)11-17(22)23/h2-6,12,14H,7-11H2,1H3,(H,22,23). The number of nitrogens with zero attached hydrogens (tertiary/aromatic N) is 3. The molecule has 24 heavy (non-hydrogen) atoms. The van der Waals surface area contributed by atoms with Crippen LogP contribution in [0.5, 0.6) is 0 Å². The largest absolute Gasteiger partial charge is 0.481 e. The monoisotopic (exact) mass is 327 g/mol. The van der Waals surface area contributed by atoms with Crippen molar-refractivity contribution in [3.8, 4) is 5.69 Å². The molecule has 0 radical (unpaired) electrons. The van der Waals surface area contributed by atoms with Gasteiger partial charge >= 0.3 is 5.97 Å². The van der Waals surface area contributed by atoms with Crippen LogP contribution in [0.1, 0.15) is 35.3 Å². The molecule has 2 heterocycles. The highest BCUT2D eigenvalue weighted by molar-refractivity contribution is 5.95. The molecule has 1 amide bonds. The number of amides is 1. The fourth-order valence-corrected chi connectivity index (χ4v) is 3.21. The summed E-state index contributed by atoms with van der Waals surface area (Å²) < 4.78 is 1.77. The van der Waals surface area contributed by atoms with Crippen LogP contribution in [-0.2, 0) is 4.79 Å². The normalized spacial score (nSPS) is 15.5. The molecule has 1 aliphatic rings. The summed E-state index contributed by atoms with van der Waals surface area (Å²) >= 11 is 0. The minimum atomic E-state index is -0.764. The number of likely N-dealkylation sites (tertiary alicyclic amines) is 1. The smallest absolute Gasteiger partial charge is 0.303 e. The summed E-state index contributed by atoms with van der Waals surface area (Å²) in [5.74, 6) is -0.622. The minimum Gasteiger partial charge on any atom is -0.481 e. The van der Waals surface area contributed by atoms with Crippen LogP contribution in [0.4, 0.5) is 0 Å². The van der Waals surface area contributed by atoms with Gasteiger partial charge in [0.05, 0.1) is 23.1 Å². The third kappa shape index (κ3) is 3.32. The molecular weight excluding hydrogens is 306 g/mol. The summed E-state index contributed by atoms with van der Waals surface area (Å²) in [5.41, 5.74) is 2.35. The van der Waals surface area contributed by atoms with Crippen molar-refractivity contribution in [3.63, 3.8) is 0 Å². The lowest BCUT2D eigenvalue weighted by molar-refractivity contribution is -0.138. The molecule has 0 spiro atoms. The van der Waals surface area contributed by atoms with Crippen molar-refractivity contribution < 1.29 is 14.7 Å². The molecule has 0 unspecified atom stereocenters. The van der Waals surface area contributed by atoms with Crippen LogP contribution in [0.3, 0.4) is 0 Å². The third-order valence-corrected chi connectivity index (χ3v) is 4.61. The number of carboxylic acid groups (broad SMARTS) is 1. The number of carbonyl (C=O) groups is 2. The van der Waals surface area contributed by atoms with Crippen LogP contribution in [0.25, 0.3) is 5.69 Å². The maximum atomic E-state index is 12.8. The van der Waals surface area contributed by atoms with Crippen LogP contribution >= 0.6 is 0 Å². The van der Waals surface area contributed by atoms with Gasteiger partial charge in [-0.2, -0.15) is 5.10 Å². The predicted octanol–water partition coefficient (Wildman–Crippen LogP) is 2.51. The average Bonchev–Trinajstić information content (AvgIpc) is 2.97. The molecule has 0 atom stereocenters. The number of benzene rings is 1. The van der Waals surface area contributed by atoms with E-state index in [9.17, 15) is 9.59 Å². The second-order valence-corrected chi connectivity index (χ2v) is 6.22. The highest BCUT2D eigenvalue weighted by Gasteiger charge is 2.27. The molecule has 1 aromatic heterocycles. The number of aromatic nitrogens is 2. The maximum Gasteiger partial charge on any atom is 0.303 e. The molecule has 1 N–H and O–H groups in total. The quantitative estimate of drug-likeness (QED) is 0.936. The molecule has 3 rings (SSSR count). The molecule has 0 saturated carbocycles. The Kier molecular flexibility index (Phi) is 4.64. The van der Waals surface area contributed by atoms with Gasteiger partial charge in [-0.3, -0.25) is 9.59 Å². The maximum absolute atomic E-state index is 12.8. The lowest BCUT2D eigenvalue weighted by Gasteiger charge is -2.31. The topological polar surface area (TPSA) is 75.4 Å². The number of carboxylic acids is 1. The van der Waals surface area contributed by atoms with Crippen molar-refractivity contribution in [3.05, 3.63) is 47.8 Å². The first-order valence-corrected chi connectivity index (χ1v) is 8.17. The van der Waals surface area contributed by atoms with Crippen molar-refractivity contribution in [2.45, 2.75) is 26.2 Å². The van der Waals surface area contributed by atoms with E-state index in [-0.39, 0.29) is 18.2 Å². The number of piperidine rings is 1. The van der Waals surface area contributed by atoms with E-state index in [4.69, 9.17) is 5.11 Å². The first-order chi connectivity index (χ1) is 11.6. The summed E-state index contributed by atoms with van der Waals surface area (Å²) in [6.07, 6.45) is 3.29. The summed E-state index contributed by atoms with van der Waals surface area (Å²) in [7, 11) is 0. The minimum absolute atomic E-state index is 0.0246. The summed E-state index contributed by atoms with van der Waals surface area (Å²) in [5, 5.41) is 13.2. The van der Waals surface area contributed by atoms with Crippen LogP contribution in [0.2, 0.25) is 0 Å². The van der Waals surface area contributed by atoms with Gasteiger partial charge in [0.25, 0.3) is 5.91 Å². The van der Waals surface area contributed by atoms with Gasteiger partial charge in [0.2, 0.25) is 0 Å². The number of hydrogen-bond donors (Lipinski definition) is 1. The molecular formula is C18H21N3O3. The molecule has 6 heteroatoms. The Morgan fingerprint density at radius 1 is 1.21 bits per heavy atom. The Morgan fingerprint density at radius 2 is 1.88 bits per heavy atom. The van der Waals surface area contributed by atoms with Gasteiger partial charge < -0.3 is 10.0 Å². The Hall–Kier alpha value is -2.63. The number of hydrogen-bond acceptors (Lipinski definition) is 3. The second kappa shape index (κ2) is 6.86. The zero-order valence-electron chi connectivity index (χ0n) is 13.7. The molecule has 0 aliphatic carbocycles. The molecule has 1 aliphatic heterocycles. The highest BCUT2D eigenvalue weighted by atomic mass is 16.4. The molecule has 0 bridgehead atoms. The average molecular weight is 327 g/mol. The van der Waals surface area contributed by atoms with E-state index < -0.39 is 5.97 Å². The molecule has 126 valence electrons. The van der Waals surface area contributed by atoms with E-state index in [0.717, 1.165) is 24.2 Å². The zero-order valence-corrected chi connectivity index (χ0v) is 13.7. The van der Waals surface area contributed by atoms with E-state index in [2.05, 4.69) is 5.10 Å². The number of aliphatic carboxylic acids is 1. The van der Waals surface area contributed by atoms with E-state index in [1.807, 2.05) is 37.3 Å². The van der Waals surface area contributed by atoms with E-state index in [1.165, 1.54) is 0 Å². The van der Waals surface area contributed by atoms with Crippen LogP contribution in [0, 0.1) is 12.8 Å². The second-order valence-electron chi connectivity index (χ2n) is 6.22. The molecule has 2 aromatic rings. The van der Waals surface area contributed by atoms with E-state index in [1.54, 1.807) is 15.8 Å². The van der Waals surface area contributed by atoms with Crippen molar-refractivity contribution in [2.24, 2.45) is 5.92 Å². The summed E-state index contributed by atoms with van der Waals surface area (Å²) in [6, 6.07) is 9.71. The molecule has 1 saturated heterocycles. The van der Waals surface area contributed by atoms with Gasteiger partial charge in [-0.15, -0.1) is 0 Å². The Morgan fingerprint density at radius 3 is 2.50 bits per heavy atom. The van der Waals surface area contributed by atoms with E-state index >= 15 is 0 Å². The Balaban J connectivity index is 1.71. The molecule has 1 fully saturated rings. The van der Waals surface area contributed by atoms with Crippen LogP contribution < -0.4 is 0 Å². The number of carbonyl (C=O) groups excluding carboxylic acids is 1. The highest BCUT2D eigenvalue weighted by Crippen LogP contribution is 2.23. The Labute approximate surface area is 140 Å². The van der Waals surface area contributed by atoms with Crippen molar-refractivity contribution in [1.82, 2.24) is 14.7 Å². The van der Waals surface area contributed by atoms with Crippen LogP contribution in [0.15, 0.2) is 36.5 Å². The van der Waals surface area contributed by atoms with Gasteiger partial charge in [-0.1, -0.05) is 18.2 Å². The fourth-order valence-electron chi connectivity index (χ4n) is 3.21. The van der Waals surface area contributed by atoms with E-state index in [0.29, 0.717) is 18.7 Å². The summed E-state index contributed by atoms with van der Waals surface area (Å²) in [4.78, 5) is 25.3. The van der Waals surface area contributed by atoms with Gasteiger partial charge in [0.15, 0.2) is 0 Å². The van der Waals surface area contributed by atoms with Crippen molar-refractivity contribution >= 4 is 11.9 Å². The van der Waals surface area contributed by atoms with Crippen molar-refractivity contribution in [2.75, 3.05) is 13.1 Å². The predicted molar refractivity (Wildman–Crippen MR) is 89.2 cm³/mol. The van der Waals surface area contributed by atoms with Gasteiger partial charge in [-0.25, -0.2) is 4.68 Å². The van der Waals surface area contributed by atoms with Gasteiger partial charge in [0.1, 0.15) is 0 Å². The molecule has 1 aromatic carbocycles. The first-order valence-electron chi connectivity index (χ1n) is 8.17. The van der Waals surface area contributed by atoms with Gasteiger partial charge in [-0.05, 0) is 37.8 Å². The number of rotatable bonds is 4. The zero-order chi connectivity index (χ0) is 17.1. The summed E-state index contributed by atoms with van der Waals surface area (Å²) in [6.45, 7) is 3.10. The third-order valence-electron chi connectivity index (χ3n) is 4.61. The lowest BCUT2D eigenvalue weighted by Crippen LogP contribution is -2.39. The van der Waals surface area contributed by atoms with Crippen molar-refractivity contribution in [1.29, 1.82) is 0 Å². The Bertz CT molecular complexity index is 731. The van der Waals surface area contributed by atoms with Gasteiger partial charge in [0, 0.05) is 19.5 Å². The van der Waals surface area contributed by atoms with Crippen LogP contribution in [-0.4, -0.2) is 44.8 Å². The SMILES string of the molecule is Cc1c(C(=O)N2CCC(CC(=O)O)CC2)cnn1-c1ccccc1. The number of para-hydroxylation sites is 1.